The monoisotopic (exact) mass is 346 g/mol. The third kappa shape index (κ3) is 2.17. The lowest BCUT2D eigenvalue weighted by Gasteiger charge is -2.12. The molecular weight excluding hydrogens is 332 g/mol. The van der Waals surface area contributed by atoms with Gasteiger partial charge in [0.1, 0.15) is 21.7 Å². The van der Waals surface area contributed by atoms with Crippen LogP contribution in [0.25, 0.3) is 16.9 Å². The van der Waals surface area contributed by atoms with Gasteiger partial charge in [0, 0.05) is 6.20 Å². The molecule has 0 bridgehead atoms. The highest BCUT2D eigenvalue weighted by Crippen LogP contribution is 2.39. The average Bonchev–Trinajstić information content (AvgIpc) is 2.84. The number of rotatable bonds is 3. The van der Waals surface area contributed by atoms with Crippen LogP contribution in [0.5, 0.6) is 11.5 Å². The number of fused-ring (bicyclic) bond motifs is 1. The van der Waals surface area contributed by atoms with Crippen LogP contribution in [-0.2, 0) is 0 Å². The van der Waals surface area contributed by atoms with Gasteiger partial charge >= 0.3 is 0 Å². The van der Waals surface area contributed by atoms with Gasteiger partial charge in [-0.05, 0) is 46.6 Å². The predicted octanol–water partition coefficient (Wildman–Crippen LogP) is 4.09. The van der Waals surface area contributed by atoms with E-state index in [4.69, 9.17) is 9.47 Å². The van der Waals surface area contributed by atoms with Crippen molar-refractivity contribution in [1.29, 1.82) is 0 Å². The van der Waals surface area contributed by atoms with Crippen LogP contribution in [0.15, 0.2) is 41.1 Å². The molecule has 0 aliphatic rings. The molecule has 0 aliphatic heterocycles. The van der Waals surface area contributed by atoms with Crippen LogP contribution in [0.2, 0.25) is 0 Å². The molecule has 5 heteroatoms. The smallest absolute Gasteiger partial charge is 0.153 e. The summed E-state index contributed by atoms with van der Waals surface area (Å²) >= 11 is 3.55. The van der Waals surface area contributed by atoms with Crippen LogP contribution in [0.3, 0.4) is 0 Å². The van der Waals surface area contributed by atoms with E-state index >= 15 is 0 Å². The van der Waals surface area contributed by atoms with Crippen LogP contribution in [-0.4, -0.2) is 23.6 Å². The summed E-state index contributed by atoms with van der Waals surface area (Å²) < 4.78 is 13.8. The van der Waals surface area contributed by atoms with Gasteiger partial charge in [-0.3, -0.25) is 4.40 Å². The first-order valence-electron chi connectivity index (χ1n) is 6.52. The number of nitrogens with zero attached hydrogens (tertiary/aromatic N) is 2. The number of methoxy groups -OCH3 is 2. The van der Waals surface area contributed by atoms with Gasteiger partial charge in [-0.15, -0.1) is 0 Å². The van der Waals surface area contributed by atoms with Crippen molar-refractivity contribution in [3.05, 3.63) is 46.7 Å². The maximum atomic E-state index is 5.48. The first-order chi connectivity index (χ1) is 10.2. The molecule has 0 saturated heterocycles. The number of hydrogen-bond donors (Lipinski definition) is 0. The summed E-state index contributed by atoms with van der Waals surface area (Å²) in [6, 6.07) is 9.77. The Morgan fingerprint density at radius 3 is 2.33 bits per heavy atom. The van der Waals surface area contributed by atoms with Gasteiger partial charge in [0.15, 0.2) is 5.82 Å². The zero-order valence-electron chi connectivity index (χ0n) is 12.1. The number of hydrogen-bond acceptors (Lipinski definition) is 3. The Kier molecular flexibility index (Phi) is 3.59. The minimum Gasteiger partial charge on any atom is -0.496 e. The Morgan fingerprint density at radius 2 is 1.71 bits per heavy atom. The Labute approximate surface area is 131 Å². The van der Waals surface area contributed by atoms with Crippen molar-refractivity contribution in [2.75, 3.05) is 14.2 Å². The standard InChI is InChI=1S/C16H15BrN2O2/c1-10-6-5-9-19-14(10)15(17)18-16(19)13-11(20-2)7-4-8-12(13)21-3/h4-9H,1-3H3. The van der Waals surface area contributed by atoms with E-state index in [0.717, 1.165) is 38.6 Å². The second-order valence-corrected chi connectivity index (χ2v) is 5.42. The number of aryl methyl sites for hydroxylation is 1. The molecule has 2 heterocycles. The summed E-state index contributed by atoms with van der Waals surface area (Å²) in [4.78, 5) is 4.66. The van der Waals surface area contributed by atoms with E-state index in [-0.39, 0.29) is 0 Å². The first kappa shape index (κ1) is 13.9. The highest BCUT2D eigenvalue weighted by Gasteiger charge is 2.19. The summed E-state index contributed by atoms with van der Waals surface area (Å²) in [5.41, 5.74) is 3.03. The minimum absolute atomic E-state index is 0.732. The lowest BCUT2D eigenvalue weighted by atomic mass is 10.1. The average molecular weight is 347 g/mol. The molecule has 0 spiro atoms. The number of pyridine rings is 1. The zero-order valence-corrected chi connectivity index (χ0v) is 13.6. The van der Waals surface area contributed by atoms with E-state index in [1.54, 1.807) is 14.2 Å². The second kappa shape index (κ2) is 5.41. The summed E-state index contributed by atoms with van der Waals surface area (Å²) in [5, 5.41) is 0. The fraction of sp³-hybridized carbons (Fsp3) is 0.188. The third-order valence-electron chi connectivity index (χ3n) is 3.47. The molecule has 21 heavy (non-hydrogen) atoms. The van der Waals surface area contributed by atoms with Gasteiger partial charge in [-0.25, -0.2) is 4.98 Å². The third-order valence-corrected chi connectivity index (χ3v) is 4.03. The highest BCUT2D eigenvalue weighted by molar-refractivity contribution is 9.10. The molecule has 2 aromatic heterocycles. The van der Waals surface area contributed by atoms with Crippen molar-refractivity contribution in [2.45, 2.75) is 6.92 Å². The lowest BCUT2D eigenvalue weighted by molar-refractivity contribution is 0.397. The van der Waals surface area contributed by atoms with Gasteiger partial charge in [0.05, 0.1) is 19.7 Å². The summed E-state index contributed by atoms with van der Waals surface area (Å²) in [6.45, 7) is 2.06. The number of halogens is 1. The molecule has 0 amide bonds. The zero-order chi connectivity index (χ0) is 15.0. The number of ether oxygens (including phenoxy) is 2. The van der Waals surface area contributed by atoms with Crippen LogP contribution < -0.4 is 9.47 Å². The molecule has 3 aromatic rings. The van der Waals surface area contributed by atoms with E-state index in [2.05, 4.69) is 33.9 Å². The van der Waals surface area contributed by atoms with Gasteiger partial charge in [-0.2, -0.15) is 0 Å². The molecule has 3 rings (SSSR count). The van der Waals surface area contributed by atoms with Gasteiger partial charge < -0.3 is 9.47 Å². The number of aromatic nitrogens is 2. The summed E-state index contributed by atoms with van der Waals surface area (Å²) in [5.74, 6) is 2.25. The maximum absolute atomic E-state index is 5.48. The predicted molar refractivity (Wildman–Crippen MR) is 86.2 cm³/mol. The molecule has 108 valence electrons. The molecule has 0 radical (unpaired) electrons. The van der Waals surface area contributed by atoms with Gasteiger partial charge in [-0.1, -0.05) is 12.1 Å². The highest BCUT2D eigenvalue weighted by atomic mass is 79.9. The molecule has 0 unspecified atom stereocenters. The van der Waals surface area contributed by atoms with Crippen molar-refractivity contribution in [2.24, 2.45) is 0 Å². The summed E-state index contributed by atoms with van der Waals surface area (Å²) in [7, 11) is 3.29. The quantitative estimate of drug-likeness (QED) is 0.716. The van der Waals surface area contributed by atoms with Gasteiger partial charge in [0.25, 0.3) is 0 Å². The Balaban J connectivity index is 2.39. The first-order valence-corrected chi connectivity index (χ1v) is 7.31. The second-order valence-electron chi connectivity index (χ2n) is 4.67. The van der Waals surface area contributed by atoms with Crippen LogP contribution >= 0.6 is 15.9 Å². The van der Waals surface area contributed by atoms with Crippen molar-refractivity contribution in [3.63, 3.8) is 0 Å². The van der Waals surface area contributed by atoms with Crippen molar-refractivity contribution >= 4 is 21.4 Å². The van der Waals surface area contributed by atoms with Crippen LogP contribution in [0.1, 0.15) is 5.56 Å². The molecule has 4 nitrogen and oxygen atoms in total. The Bertz CT molecular complexity index is 789. The lowest BCUT2D eigenvalue weighted by Crippen LogP contribution is -1.97. The van der Waals surface area contributed by atoms with E-state index in [9.17, 15) is 0 Å². The van der Waals surface area contributed by atoms with Crippen molar-refractivity contribution in [3.8, 4) is 22.9 Å². The van der Waals surface area contributed by atoms with Crippen LogP contribution in [0, 0.1) is 6.92 Å². The molecule has 0 N–H and O–H groups in total. The summed E-state index contributed by atoms with van der Waals surface area (Å²) in [6.07, 6.45) is 1.99. The molecule has 0 saturated carbocycles. The molecule has 0 fully saturated rings. The van der Waals surface area contributed by atoms with Crippen LogP contribution in [0.4, 0.5) is 0 Å². The topological polar surface area (TPSA) is 35.8 Å². The normalized spacial score (nSPS) is 10.9. The Morgan fingerprint density at radius 1 is 1.05 bits per heavy atom. The maximum Gasteiger partial charge on any atom is 0.153 e. The van der Waals surface area contributed by atoms with E-state index in [1.165, 1.54) is 0 Å². The molecule has 0 atom stereocenters. The minimum atomic E-state index is 0.732. The largest absolute Gasteiger partial charge is 0.496 e. The molecule has 0 aliphatic carbocycles. The SMILES string of the molecule is COc1cccc(OC)c1-c1nc(Br)c2c(C)cccn12. The van der Waals surface area contributed by atoms with E-state index in [1.807, 2.05) is 34.9 Å². The number of imidazole rings is 1. The molecule has 1 aromatic carbocycles. The van der Waals surface area contributed by atoms with Crippen molar-refractivity contribution in [1.82, 2.24) is 9.38 Å². The number of benzene rings is 1. The fourth-order valence-corrected chi connectivity index (χ4v) is 3.17. The van der Waals surface area contributed by atoms with Gasteiger partial charge in [0.2, 0.25) is 0 Å². The molecular formula is C16H15BrN2O2. The fourth-order valence-electron chi connectivity index (χ4n) is 2.50. The Hall–Kier alpha value is -2.01. The van der Waals surface area contributed by atoms with E-state index in [0.29, 0.717) is 0 Å². The van der Waals surface area contributed by atoms with Crippen molar-refractivity contribution < 1.29 is 9.47 Å². The van der Waals surface area contributed by atoms with E-state index < -0.39 is 0 Å².